The molecule has 0 saturated carbocycles. The number of aryl methyl sites for hydroxylation is 1. The Morgan fingerprint density at radius 3 is 2.67 bits per heavy atom. The van der Waals surface area contributed by atoms with Crippen molar-refractivity contribution in [1.29, 1.82) is 0 Å². The summed E-state index contributed by atoms with van der Waals surface area (Å²) in [6, 6.07) is 6.38. The number of rotatable bonds is 4. The molecule has 158 valence electrons. The van der Waals surface area contributed by atoms with Crippen molar-refractivity contribution in [3.63, 3.8) is 0 Å². The van der Waals surface area contributed by atoms with Gasteiger partial charge in [0.2, 0.25) is 5.91 Å². The maximum atomic E-state index is 12.5. The molecule has 30 heavy (non-hydrogen) atoms. The summed E-state index contributed by atoms with van der Waals surface area (Å²) in [5, 5.41) is 0. The van der Waals surface area contributed by atoms with Crippen LogP contribution >= 0.6 is 0 Å². The van der Waals surface area contributed by atoms with E-state index in [0.29, 0.717) is 18.7 Å². The highest BCUT2D eigenvalue weighted by atomic mass is 16.5. The number of piperazine rings is 1. The Labute approximate surface area is 174 Å². The quantitative estimate of drug-likeness (QED) is 0.681. The molecule has 0 N–H and O–H groups in total. The van der Waals surface area contributed by atoms with Gasteiger partial charge in [0, 0.05) is 65.5 Å². The largest absolute Gasteiger partial charge is 0.493 e. The van der Waals surface area contributed by atoms with Crippen LogP contribution in [0.3, 0.4) is 0 Å². The minimum Gasteiger partial charge on any atom is -0.493 e. The van der Waals surface area contributed by atoms with E-state index in [1.54, 1.807) is 11.9 Å². The summed E-state index contributed by atoms with van der Waals surface area (Å²) in [4.78, 5) is 40.6. The van der Waals surface area contributed by atoms with Crippen LogP contribution in [0, 0.1) is 0 Å². The Hall–Kier alpha value is -3.13. The van der Waals surface area contributed by atoms with Crippen LogP contribution in [0.2, 0.25) is 0 Å². The van der Waals surface area contributed by atoms with Gasteiger partial charge >= 0.3 is 5.69 Å². The van der Waals surface area contributed by atoms with Gasteiger partial charge in [-0.15, -0.1) is 0 Å². The van der Waals surface area contributed by atoms with Crippen LogP contribution in [0.15, 0.2) is 40.1 Å². The van der Waals surface area contributed by atoms with Crippen molar-refractivity contribution in [2.24, 2.45) is 14.1 Å². The minimum atomic E-state index is -0.410. The maximum absolute atomic E-state index is 12.5. The number of hydrogen-bond donors (Lipinski definition) is 0. The predicted octanol–water partition coefficient (Wildman–Crippen LogP) is 0.377. The molecule has 2 aliphatic rings. The zero-order valence-corrected chi connectivity index (χ0v) is 17.3. The molecule has 0 bridgehead atoms. The molecular formula is C22H26N4O4. The van der Waals surface area contributed by atoms with E-state index in [0.717, 1.165) is 43.0 Å². The normalized spacial score (nSPS) is 16.7. The molecule has 0 aliphatic carbocycles. The molecule has 0 atom stereocenters. The van der Waals surface area contributed by atoms with Crippen molar-refractivity contribution >= 4 is 12.0 Å². The lowest BCUT2D eigenvalue weighted by molar-refractivity contribution is -0.127. The van der Waals surface area contributed by atoms with Gasteiger partial charge in [-0.05, 0) is 23.3 Å². The lowest BCUT2D eigenvalue weighted by Crippen LogP contribution is -2.47. The van der Waals surface area contributed by atoms with Crippen molar-refractivity contribution in [2.45, 2.75) is 13.0 Å². The molecule has 1 amide bonds. The van der Waals surface area contributed by atoms with Crippen LogP contribution < -0.4 is 16.0 Å². The van der Waals surface area contributed by atoms with E-state index in [-0.39, 0.29) is 5.91 Å². The summed E-state index contributed by atoms with van der Waals surface area (Å²) in [6.07, 6.45) is 5.32. The number of ether oxygens (including phenoxy) is 1. The van der Waals surface area contributed by atoms with Gasteiger partial charge in [0.05, 0.1) is 12.2 Å². The summed E-state index contributed by atoms with van der Waals surface area (Å²) >= 11 is 0. The van der Waals surface area contributed by atoms with Crippen LogP contribution in [0.25, 0.3) is 6.08 Å². The van der Waals surface area contributed by atoms with Crippen molar-refractivity contribution in [3.8, 4) is 5.75 Å². The first-order valence-corrected chi connectivity index (χ1v) is 10.1. The van der Waals surface area contributed by atoms with Crippen LogP contribution in [0.5, 0.6) is 5.75 Å². The fourth-order valence-corrected chi connectivity index (χ4v) is 3.94. The van der Waals surface area contributed by atoms with Gasteiger partial charge in [0.25, 0.3) is 5.56 Å². The van der Waals surface area contributed by atoms with Gasteiger partial charge in [-0.2, -0.15) is 0 Å². The fourth-order valence-electron chi connectivity index (χ4n) is 3.94. The molecule has 0 unspecified atom stereocenters. The number of benzene rings is 1. The lowest BCUT2D eigenvalue weighted by Gasteiger charge is -2.34. The highest BCUT2D eigenvalue weighted by Crippen LogP contribution is 2.26. The second kappa shape index (κ2) is 8.31. The fraction of sp³-hybridized carbons (Fsp3) is 0.409. The second-order valence-corrected chi connectivity index (χ2v) is 7.82. The molecule has 2 aliphatic heterocycles. The molecule has 0 radical (unpaired) electrons. The molecule has 8 nitrogen and oxygen atoms in total. The summed E-state index contributed by atoms with van der Waals surface area (Å²) in [7, 11) is 3.01. The maximum Gasteiger partial charge on any atom is 0.330 e. The predicted molar refractivity (Wildman–Crippen MR) is 113 cm³/mol. The first kappa shape index (κ1) is 20.2. The lowest BCUT2D eigenvalue weighted by atomic mass is 10.1. The second-order valence-electron chi connectivity index (χ2n) is 7.82. The van der Waals surface area contributed by atoms with Gasteiger partial charge in [-0.25, -0.2) is 4.79 Å². The van der Waals surface area contributed by atoms with Crippen molar-refractivity contribution < 1.29 is 9.53 Å². The summed E-state index contributed by atoms with van der Waals surface area (Å²) in [5.74, 6) is 0.870. The van der Waals surface area contributed by atoms with Crippen molar-refractivity contribution in [1.82, 2.24) is 18.9 Å². The van der Waals surface area contributed by atoms with E-state index in [1.165, 1.54) is 41.1 Å². The van der Waals surface area contributed by atoms with E-state index in [4.69, 9.17) is 4.74 Å². The van der Waals surface area contributed by atoms with E-state index < -0.39 is 11.2 Å². The van der Waals surface area contributed by atoms with E-state index in [1.807, 2.05) is 6.07 Å². The zero-order chi connectivity index (χ0) is 21.3. The Morgan fingerprint density at radius 2 is 1.90 bits per heavy atom. The number of hydrogen-bond acceptors (Lipinski definition) is 5. The smallest absolute Gasteiger partial charge is 0.330 e. The molecule has 1 fully saturated rings. The average Bonchev–Trinajstić information content (AvgIpc) is 3.22. The van der Waals surface area contributed by atoms with E-state index in [9.17, 15) is 14.4 Å². The molecule has 1 saturated heterocycles. The first-order chi connectivity index (χ1) is 14.4. The zero-order valence-electron chi connectivity index (χ0n) is 17.3. The molecule has 4 rings (SSSR count). The van der Waals surface area contributed by atoms with Crippen LogP contribution in [-0.2, 0) is 31.9 Å². The number of nitrogens with zero attached hydrogens (tertiary/aromatic N) is 4. The first-order valence-electron chi connectivity index (χ1n) is 10.1. The third-order valence-electron chi connectivity index (χ3n) is 5.72. The van der Waals surface area contributed by atoms with Gasteiger partial charge in [0.1, 0.15) is 5.75 Å². The molecule has 1 aromatic heterocycles. The molecule has 3 heterocycles. The van der Waals surface area contributed by atoms with Crippen LogP contribution in [-0.4, -0.2) is 57.6 Å². The molecule has 8 heteroatoms. The number of aromatic nitrogens is 2. The van der Waals surface area contributed by atoms with Gasteiger partial charge in [-0.1, -0.05) is 12.1 Å². The van der Waals surface area contributed by atoms with Crippen LogP contribution in [0.4, 0.5) is 0 Å². The number of carbonyl (C=O) groups is 1. The highest BCUT2D eigenvalue weighted by Gasteiger charge is 2.20. The molecule has 2 aromatic rings. The Bertz CT molecular complexity index is 1110. The minimum absolute atomic E-state index is 0.125. The van der Waals surface area contributed by atoms with Crippen molar-refractivity contribution in [3.05, 3.63) is 68.0 Å². The summed E-state index contributed by atoms with van der Waals surface area (Å²) in [6.45, 7) is 4.51. The van der Waals surface area contributed by atoms with Gasteiger partial charge in [0.15, 0.2) is 0 Å². The standard InChI is InChI=1S/C22H26N4O4/c1-23-15-18(21(28)24(2)22(23)29)4-6-20(27)26-10-8-25(9-11-26)14-16-3-5-19-17(13-16)7-12-30-19/h3-6,13,15H,7-12,14H2,1-2H3/b6-4+. The topological polar surface area (TPSA) is 76.8 Å². The van der Waals surface area contributed by atoms with Crippen LogP contribution in [0.1, 0.15) is 16.7 Å². The third kappa shape index (κ3) is 4.09. The van der Waals surface area contributed by atoms with Crippen molar-refractivity contribution in [2.75, 3.05) is 32.8 Å². The van der Waals surface area contributed by atoms with E-state index in [2.05, 4.69) is 17.0 Å². The summed E-state index contributed by atoms with van der Waals surface area (Å²) in [5.41, 5.74) is 2.05. The third-order valence-corrected chi connectivity index (χ3v) is 5.72. The van der Waals surface area contributed by atoms with E-state index >= 15 is 0 Å². The number of carbonyl (C=O) groups excluding carboxylic acids is 1. The Kier molecular flexibility index (Phi) is 5.59. The average molecular weight is 410 g/mol. The highest BCUT2D eigenvalue weighted by molar-refractivity contribution is 5.91. The number of fused-ring (bicyclic) bond motifs is 1. The van der Waals surface area contributed by atoms with Gasteiger partial charge in [-0.3, -0.25) is 19.1 Å². The molecule has 1 aromatic carbocycles. The summed E-state index contributed by atoms with van der Waals surface area (Å²) < 4.78 is 7.93. The monoisotopic (exact) mass is 410 g/mol. The SMILES string of the molecule is Cn1cc(/C=C/C(=O)N2CCN(Cc3ccc4c(c3)CCO4)CC2)c(=O)n(C)c1=O. The molecular weight excluding hydrogens is 384 g/mol. The number of amides is 1. The Morgan fingerprint density at radius 1 is 1.13 bits per heavy atom. The van der Waals surface area contributed by atoms with Gasteiger partial charge < -0.3 is 14.2 Å². The Balaban J connectivity index is 1.34. The molecule has 0 spiro atoms.